The molecule has 0 atom stereocenters. The van der Waals surface area contributed by atoms with E-state index in [2.05, 4.69) is 21.9 Å². The summed E-state index contributed by atoms with van der Waals surface area (Å²) >= 11 is 0. The molecule has 3 aromatic rings. The van der Waals surface area contributed by atoms with Crippen molar-refractivity contribution >= 4 is 11.7 Å². The minimum absolute atomic E-state index is 0.0133. The summed E-state index contributed by atoms with van der Waals surface area (Å²) in [7, 11) is 0. The quantitative estimate of drug-likeness (QED) is 0.512. The van der Waals surface area contributed by atoms with E-state index < -0.39 is 11.8 Å². The predicted molar refractivity (Wildman–Crippen MR) is 123 cm³/mol. The van der Waals surface area contributed by atoms with Gasteiger partial charge in [-0.05, 0) is 66.8 Å². The van der Waals surface area contributed by atoms with Crippen molar-refractivity contribution < 1.29 is 23.9 Å². The van der Waals surface area contributed by atoms with Crippen LogP contribution in [0.4, 0.5) is 4.39 Å². The summed E-state index contributed by atoms with van der Waals surface area (Å²) in [5.41, 5.74) is 5.78. The molecule has 1 aliphatic heterocycles. The van der Waals surface area contributed by atoms with Crippen LogP contribution in [0.2, 0.25) is 0 Å². The van der Waals surface area contributed by atoms with Crippen LogP contribution in [0.25, 0.3) is 11.3 Å². The van der Waals surface area contributed by atoms with Crippen molar-refractivity contribution in [1.29, 1.82) is 0 Å². The van der Waals surface area contributed by atoms with E-state index in [0.29, 0.717) is 23.4 Å². The fraction of sp³-hybridized carbons (Fsp3) is 0.269. The molecule has 33 heavy (non-hydrogen) atoms. The maximum absolute atomic E-state index is 15.1. The molecule has 1 aliphatic rings. The number of hydrogen-bond acceptors (Lipinski definition) is 6. The molecule has 0 saturated carbocycles. The molecule has 0 fully saturated rings. The highest BCUT2D eigenvalue weighted by Gasteiger charge is 2.20. The second-order valence-electron chi connectivity index (χ2n) is 8.10. The first kappa shape index (κ1) is 22.5. The molecule has 0 amide bonds. The van der Waals surface area contributed by atoms with Crippen molar-refractivity contribution in [2.45, 2.75) is 40.0 Å². The van der Waals surface area contributed by atoms with Crippen molar-refractivity contribution in [3.63, 3.8) is 0 Å². The largest absolute Gasteiger partial charge is 0.506 e. The molecular weight excluding hydrogens is 423 g/mol. The lowest BCUT2D eigenvalue weighted by atomic mass is 9.96. The molecule has 2 aromatic carbocycles. The fourth-order valence-electron chi connectivity index (χ4n) is 3.84. The van der Waals surface area contributed by atoms with Gasteiger partial charge in [-0.15, -0.1) is 0 Å². The van der Waals surface area contributed by atoms with Gasteiger partial charge in [-0.2, -0.15) is 0 Å². The Kier molecular flexibility index (Phi) is 6.40. The SMILES string of the molecule is CCc1cccc(-c2nc(Cc3c(C)cc(OCC4=NOC(=O)C4)c(F)c3C)ccc2O)c1. The van der Waals surface area contributed by atoms with Crippen molar-refractivity contribution in [3.8, 4) is 22.8 Å². The monoisotopic (exact) mass is 448 g/mol. The molecule has 7 heteroatoms. The highest BCUT2D eigenvalue weighted by molar-refractivity contribution is 6.02. The number of halogens is 1. The lowest BCUT2D eigenvalue weighted by Gasteiger charge is -2.15. The van der Waals surface area contributed by atoms with Gasteiger partial charge in [0, 0.05) is 17.7 Å². The highest BCUT2D eigenvalue weighted by Crippen LogP contribution is 2.31. The zero-order valence-electron chi connectivity index (χ0n) is 18.8. The van der Waals surface area contributed by atoms with Crippen LogP contribution in [-0.2, 0) is 22.5 Å². The van der Waals surface area contributed by atoms with Crippen LogP contribution >= 0.6 is 0 Å². The zero-order chi connectivity index (χ0) is 23.5. The van der Waals surface area contributed by atoms with Crippen molar-refractivity contribution in [2.24, 2.45) is 5.16 Å². The number of aryl methyl sites for hydroxylation is 2. The van der Waals surface area contributed by atoms with E-state index in [1.807, 2.05) is 31.2 Å². The van der Waals surface area contributed by atoms with Gasteiger partial charge in [0.25, 0.3) is 0 Å². The first-order valence-electron chi connectivity index (χ1n) is 10.8. The van der Waals surface area contributed by atoms with Gasteiger partial charge in [0.2, 0.25) is 0 Å². The Bertz CT molecular complexity index is 1250. The topological polar surface area (TPSA) is 81.0 Å². The minimum Gasteiger partial charge on any atom is -0.506 e. The van der Waals surface area contributed by atoms with Crippen molar-refractivity contribution in [2.75, 3.05) is 6.61 Å². The second-order valence-corrected chi connectivity index (χ2v) is 8.10. The Morgan fingerprint density at radius 2 is 2.00 bits per heavy atom. The summed E-state index contributed by atoms with van der Waals surface area (Å²) in [6, 6.07) is 12.9. The van der Waals surface area contributed by atoms with E-state index in [1.165, 1.54) is 0 Å². The van der Waals surface area contributed by atoms with Gasteiger partial charge >= 0.3 is 5.97 Å². The maximum Gasteiger partial charge on any atom is 0.340 e. The van der Waals surface area contributed by atoms with Crippen LogP contribution in [0.5, 0.6) is 11.5 Å². The first-order chi connectivity index (χ1) is 15.9. The van der Waals surface area contributed by atoms with Gasteiger partial charge in [-0.25, -0.2) is 14.2 Å². The molecular formula is C26H25FN2O4. The van der Waals surface area contributed by atoms with Crippen molar-refractivity contribution in [3.05, 3.63) is 76.2 Å². The summed E-state index contributed by atoms with van der Waals surface area (Å²) in [5, 5.41) is 14.0. The number of ether oxygens (including phenoxy) is 1. The molecule has 170 valence electrons. The van der Waals surface area contributed by atoms with Gasteiger partial charge in [0.1, 0.15) is 23.8 Å². The Labute approximate surface area is 191 Å². The van der Waals surface area contributed by atoms with E-state index in [1.54, 1.807) is 25.1 Å². The molecule has 0 radical (unpaired) electrons. The maximum atomic E-state index is 15.1. The van der Waals surface area contributed by atoms with Crippen LogP contribution in [-0.4, -0.2) is 28.4 Å². The number of hydrogen-bond donors (Lipinski definition) is 1. The predicted octanol–water partition coefficient (Wildman–Crippen LogP) is 5.05. The number of benzene rings is 2. The average molecular weight is 448 g/mol. The Hall–Kier alpha value is -3.74. The summed E-state index contributed by atoms with van der Waals surface area (Å²) in [6.45, 7) is 5.65. The fourth-order valence-corrected chi connectivity index (χ4v) is 3.84. The number of carbonyl (C=O) groups is 1. The minimum atomic E-state index is -0.462. The Balaban J connectivity index is 1.59. The van der Waals surface area contributed by atoms with Crippen LogP contribution < -0.4 is 4.74 Å². The molecule has 2 heterocycles. The molecule has 0 unspecified atom stereocenters. The van der Waals surface area contributed by atoms with Gasteiger partial charge in [0.05, 0.1) is 6.42 Å². The van der Waals surface area contributed by atoms with Gasteiger partial charge < -0.3 is 14.7 Å². The smallest absolute Gasteiger partial charge is 0.340 e. The first-order valence-corrected chi connectivity index (χ1v) is 10.8. The number of oxime groups is 1. The van der Waals surface area contributed by atoms with Crippen LogP contribution in [0.15, 0.2) is 47.6 Å². The lowest BCUT2D eigenvalue weighted by Crippen LogP contribution is -2.12. The van der Waals surface area contributed by atoms with Gasteiger partial charge in [-0.1, -0.05) is 30.3 Å². The summed E-state index contributed by atoms with van der Waals surface area (Å²) in [5.74, 6) is -0.700. The number of carbonyl (C=O) groups excluding carboxylic acids is 1. The molecule has 4 rings (SSSR count). The lowest BCUT2D eigenvalue weighted by molar-refractivity contribution is -0.140. The van der Waals surface area contributed by atoms with E-state index in [0.717, 1.165) is 34.4 Å². The molecule has 0 aliphatic carbocycles. The molecule has 1 N–H and O–H groups in total. The molecule has 0 bridgehead atoms. The van der Waals surface area contributed by atoms with Gasteiger partial charge in [0.15, 0.2) is 11.6 Å². The summed E-state index contributed by atoms with van der Waals surface area (Å²) in [4.78, 5) is 20.3. The van der Waals surface area contributed by atoms with E-state index in [9.17, 15) is 9.90 Å². The Morgan fingerprint density at radius 3 is 2.73 bits per heavy atom. The number of pyridine rings is 1. The molecule has 0 saturated heterocycles. The third-order valence-corrected chi connectivity index (χ3v) is 5.74. The number of nitrogens with zero attached hydrogens (tertiary/aromatic N) is 2. The van der Waals surface area contributed by atoms with Crippen LogP contribution in [0.1, 0.15) is 41.3 Å². The van der Waals surface area contributed by atoms with Gasteiger partial charge in [-0.3, -0.25) is 0 Å². The third-order valence-electron chi connectivity index (χ3n) is 5.74. The molecule has 0 spiro atoms. The molecule has 6 nitrogen and oxygen atoms in total. The number of aromatic nitrogens is 1. The second kappa shape index (κ2) is 9.40. The van der Waals surface area contributed by atoms with E-state index in [4.69, 9.17) is 4.74 Å². The summed E-state index contributed by atoms with van der Waals surface area (Å²) < 4.78 is 20.6. The standard InChI is InChI=1S/C26H25FN2O4/c1-4-17-6-5-7-18(11-17)26-22(30)9-8-19(28-26)12-21-15(2)10-23(25(27)16(21)3)32-14-20-13-24(31)33-29-20/h5-11,30H,4,12-14H2,1-3H3. The third kappa shape index (κ3) is 4.87. The highest BCUT2D eigenvalue weighted by atomic mass is 19.1. The van der Waals surface area contributed by atoms with E-state index >= 15 is 4.39 Å². The summed E-state index contributed by atoms with van der Waals surface area (Å²) in [6.07, 6.45) is 1.34. The normalized spacial score (nSPS) is 13.1. The molecule has 1 aromatic heterocycles. The average Bonchev–Trinajstić information content (AvgIpc) is 3.24. The van der Waals surface area contributed by atoms with Crippen molar-refractivity contribution in [1.82, 2.24) is 4.98 Å². The number of aromatic hydroxyl groups is 1. The van der Waals surface area contributed by atoms with Crippen LogP contribution in [0, 0.1) is 19.7 Å². The zero-order valence-corrected chi connectivity index (χ0v) is 18.8. The Morgan fingerprint density at radius 1 is 1.18 bits per heavy atom. The van der Waals surface area contributed by atoms with Crippen LogP contribution in [0.3, 0.4) is 0 Å². The number of rotatable bonds is 7. The van der Waals surface area contributed by atoms with E-state index in [-0.39, 0.29) is 24.5 Å².